The fraction of sp³-hybridized carbons (Fsp3) is 0.360. The van der Waals surface area contributed by atoms with Crippen molar-refractivity contribution < 1.29 is 13.9 Å². The lowest BCUT2D eigenvalue weighted by atomic mass is 10.0. The maximum atomic E-state index is 12.9. The van der Waals surface area contributed by atoms with Gasteiger partial charge < -0.3 is 14.5 Å². The van der Waals surface area contributed by atoms with E-state index in [9.17, 15) is 9.59 Å². The number of ether oxygens (including phenoxy) is 1. The Hall–Kier alpha value is -3.12. The van der Waals surface area contributed by atoms with Crippen molar-refractivity contribution in [2.75, 3.05) is 26.7 Å². The number of likely N-dealkylation sites (tertiary alicyclic amines) is 1. The number of nitrogens with zero attached hydrogens (tertiary/aromatic N) is 1. The third-order valence-electron chi connectivity index (χ3n) is 6.11. The Morgan fingerprint density at radius 1 is 1.10 bits per heavy atom. The minimum atomic E-state index is -0.380. The Bertz CT molecular complexity index is 1140. The first-order chi connectivity index (χ1) is 15.0. The van der Waals surface area contributed by atoms with Crippen molar-refractivity contribution in [3.63, 3.8) is 0 Å². The number of methoxy groups -OCH3 is 1. The summed E-state index contributed by atoms with van der Waals surface area (Å²) in [4.78, 5) is 27.8. The number of carbonyl (C=O) groups is 1. The summed E-state index contributed by atoms with van der Waals surface area (Å²) in [6.07, 6.45) is 2.30. The van der Waals surface area contributed by atoms with E-state index < -0.39 is 0 Å². The van der Waals surface area contributed by atoms with Crippen LogP contribution in [-0.4, -0.2) is 37.6 Å². The van der Waals surface area contributed by atoms with E-state index in [-0.39, 0.29) is 23.1 Å². The summed E-state index contributed by atoms with van der Waals surface area (Å²) in [5.74, 6) is 0.460. The first-order valence-electron chi connectivity index (χ1n) is 10.7. The summed E-state index contributed by atoms with van der Waals surface area (Å²) in [5.41, 5.74) is 3.38. The van der Waals surface area contributed by atoms with Gasteiger partial charge in [0.2, 0.25) is 0 Å². The summed E-state index contributed by atoms with van der Waals surface area (Å²) in [6, 6.07) is 12.9. The van der Waals surface area contributed by atoms with Crippen molar-refractivity contribution in [1.82, 2.24) is 10.2 Å². The lowest BCUT2D eigenvalue weighted by Crippen LogP contribution is -2.37. The third kappa shape index (κ3) is 4.49. The monoisotopic (exact) mass is 420 g/mol. The predicted molar refractivity (Wildman–Crippen MR) is 121 cm³/mol. The molecule has 3 aromatic rings. The largest absolute Gasteiger partial charge is 0.497 e. The van der Waals surface area contributed by atoms with Crippen LogP contribution in [0.15, 0.2) is 51.7 Å². The zero-order valence-electron chi connectivity index (χ0n) is 18.2. The van der Waals surface area contributed by atoms with Crippen molar-refractivity contribution in [1.29, 1.82) is 0 Å². The van der Waals surface area contributed by atoms with Gasteiger partial charge in [-0.05, 0) is 80.7 Å². The molecule has 1 amide bonds. The van der Waals surface area contributed by atoms with E-state index in [0.29, 0.717) is 17.5 Å². The molecule has 0 radical (unpaired) electrons. The number of rotatable bonds is 6. The van der Waals surface area contributed by atoms with Gasteiger partial charge in [-0.15, -0.1) is 0 Å². The van der Waals surface area contributed by atoms with Crippen LogP contribution in [0.4, 0.5) is 0 Å². The second-order valence-electron chi connectivity index (χ2n) is 8.15. The van der Waals surface area contributed by atoms with Crippen LogP contribution in [0.5, 0.6) is 5.75 Å². The SMILES string of the molecule is COc1ccc([C@@H](CNC(=O)c2cc(=O)c3cc(C)c(C)cc3o2)N2CCCC2)cc1. The fourth-order valence-electron chi connectivity index (χ4n) is 4.14. The van der Waals surface area contributed by atoms with Gasteiger partial charge in [-0.2, -0.15) is 0 Å². The highest BCUT2D eigenvalue weighted by molar-refractivity contribution is 5.93. The molecule has 4 rings (SSSR count). The van der Waals surface area contributed by atoms with Crippen LogP contribution in [0.25, 0.3) is 11.0 Å². The maximum absolute atomic E-state index is 12.9. The average molecular weight is 421 g/mol. The smallest absolute Gasteiger partial charge is 0.287 e. The van der Waals surface area contributed by atoms with Crippen molar-refractivity contribution >= 4 is 16.9 Å². The molecule has 1 N–H and O–H groups in total. The summed E-state index contributed by atoms with van der Waals surface area (Å²) in [5, 5.41) is 3.47. The van der Waals surface area contributed by atoms with E-state index >= 15 is 0 Å². The van der Waals surface area contributed by atoms with Gasteiger partial charge in [-0.3, -0.25) is 14.5 Å². The molecule has 31 heavy (non-hydrogen) atoms. The van der Waals surface area contributed by atoms with E-state index in [1.165, 1.54) is 6.07 Å². The van der Waals surface area contributed by atoms with Crippen molar-refractivity contribution in [3.05, 3.63) is 75.1 Å². The van der Waals surface area contributed by atoms with Gasteiger partial charge in [-0.25, -0.2) is 0 Å². The third-order valence-corrected chi connectivity index (χ3v) is 6.11. The standard InChI is InChI=1S/C25H28N2O4/c1-16-12-20-22(28)14-24(31-23(20)13-17(16)2)25(29)26-15-21(27-10-4-5-11-27)18-6-8-19(30-3)9-7-18/h6-9,12-14,21H,4-5,10-11,15H2,1-3H3,(H,26,29)/t21-/m1/s1. The molecule has 0 saturated carbocycles. The molecule has 1 aliphatic rings. The highest BCUT2D eigenvalue weighted by atomic mass is 16.5. The molecular formula is C25H28N2O4. The molecule has 0 spiro atoms. The number of nitrogens with one attached hydrogen (secondary N) is 1. The van der Waals surface area contributed by atoms with Crippen LogP contribution in [0.3, 0.4) is 0 Å². The van der Waals surface area contributed by atoms with Crippen molar-refractivity contribution in [3.8, 4) is 5.75 Å². The Morgan fingerprint density at radius 3 is 2.45 bits per heavy atom. The van der Waals surface area contributed by atoms with Crippen molar-refractivity contribution in [2.24, 2.45) is 0 Å². The number of carbonyl (C=O) groups excluding carboxylic acids is 1. The molecule has 0 unspecified atom stereocenters. The molecule has 1 saturated heterocycles. The molecule has 2 aromatic carbocycles. The van der Waals surface area contributed by atoms with E-state index in [0.717, 1.165) is 48.4 Å². The van der Waals surface area contributed by atoms with Gasteiger partial charge in [0.25, 0.3) is 5.91 Å². The Morgan fingerprint density at radius 2 is 1.77 bits per heavy atom. The lowest BCUT2D eigenvalue weighted by Gasteiger charge is -2.28. The highest BCUT2D eigenvalue weighted by Gasteiger charge is 2.25. The van der Waals surface area contributed by atoms with E-state index in [1.807, 2.05) is 50.2 Å². The molecule has 0 bridgehead atoms. The van der Waals surface area contributed by atoms with Gasteiger partial charge in [0, 0.05) is 12.6 Å². The Kier molecular flexibility index (Phi) is 6.09. The fourth-order valence-corrected chi connectivity index (χ4v) is 4.14. The van der Waals surface area contributed by atoms with E-state index in [4.69, 9.17) is 9.15 Å². The summed E-state index contributed by atoms with van der Waals surface area (Å²) >= 11 is 0. The van der Waals surface area contributed by atoms with Crippen LogP contribution in [0, 0.1) is 13.8 Å². The second-order valence-corrected chi connectivity index (χ2v) is 8.15. The van der Waals surface area contributed by atoms with Gasteiger partial charge in [0.1, 0.15) is 11.3 Å². The minimum Gasteiger partial charge on any atom is -0.497 e. The van der Waals surface area contributed by atoms with Crippen LogP contribution in [-0.2, 0) is 0 Å². The van der Waals surface area contributed by atoms with Crippen molar-refractivity contribution in [2.45, 2.75) is 32.7 Å². The molecule has 162 valence electrons. The minimum absolute atomic E-state index is 0.0376. The number of benzene rings is 2. The molecular weight excluding hydrogens is 392 g/mol. The van der Waals surface area contributed by atoms with Gasteiger partial charge >= 0.3 is 0 Å². The van der Waals surface area contributed by atoms with Gasteiger partial charge in [0.15, 0.2) is 11.2 Å². The molecule has 6 heteroatoms. The highest BCUT2D eigenvalue weighted by Crippen LogP contribution is 2.26. The molecule has 2 heterocycles. The average Bonchev–Trinajstić information content (AvgIpc) is 3.30. The summed E-state index contributed by atoms with van der Waals surface area (Å²) < 4.78 is 11.1. The number of aryl methyl sites for hydroxylation is 2. The first kappa shape index (κ1) is 21.1. The zero-order chi connectivity index (χ0) is 22.0. The first-order valence-corrected chi connectivity index (χ1v) is 10.7. The quantitative estimate of drug-likeness (QED) is 0.653. The molecule has 1 atom stereocenters. The maximum Gasteiger partial charge on any atom is 0.287 e. The van der Waals surface area contributed by atoms with Crippen LogP contribution >= 0.6 is 0 Å². The number of hydrogen-bond acceptors (Lipinski definition) is 5. The molecule has 0 aliphatic carbocycles. The van der Waals surface area contributed by atoms with E-state index in [1.54, 1.807) is 7.11 Å². The number of hydrogen-bond donors (Lipinski definition) is 1. The van der Waals surface area contributed by atoms with Gasteiger partial charge in [-0.1, -0.05) is 12.1 Å². The Balaban J connectivity index is 1.56. The predicted octanol–water partition coefficient (Wildman–Crippen LogP) is 3.99. The number of fused-ring (bicyclic) bond motifs is 1. The number of amides is 1. The van der Waals surface area contributed by atoms with E-state index in [2.05, 4.69) is 10.2 Å². The molecule has 1 aromatic heterocycles. The summed E-state index contributed by atoms with van der Waals surface area (Å²) in [7, 11) is 1.65. The lowest BCUT2D eigenvalue weighted by molar-refractivity contribution is 0.0910. The molecule has 1 aliphatic heterocycles. The van der Waals surface area contributed by atoms with Crippen LogP contribution < -0.4 is 15.5 Å². The van der Waals surface area contributed by atoms with Gasteiger partial charge in [0.05, 0.1) is 18.5 Å². The Labute approximate surface area is 181 Å². The normalized spacial score (nSPS) is 15.2. The van der Waals surface area contributed by atoms with Crippen LogP contribution in [0.2, 0.25) is 0 Å². The molecule has 6 nitrogen and oxygen atoms in total. The van der Waals surface area contributed by atoms with Crippen LogP contribution in [0.1, 0.15) is 46.1 Å². The zero-order valence-corrected chi connectivity index (χ0v) is 18.2. The topological polar surface area (TPSA) is 71.8 Å². The second kappa shape index (κ2) is 8.94. The molecule has 1 fully saturated rings. The summed E-state index contributed by atoms with van der Waals surface area (Å²) in [6.45, 7) is 6.33.